The third-order valence-corrected chi connectivity index (χ3v) is 2.58. The Morgan fingerprint density at radius 1 is 1.67 bits per heavy atom. The molecule has 0 aromatic carbocycles. The van der Waals surface area contributed by atoms with Crippen molar-refractivity contribution in [2.45, 2.75) is 24.8 Å². The van der Waals surface area contributed by atoms with Gasteiger partial charge in [0.05, 0.1) is 5.54 Å². The Morgan fingerprint density at radius 2 is 2.44 bits per heavy atom. The number of nitrogens with two attached hydrogens (primary N) is 2. The molecule has 2 nitrogen and oxygen atoms in total. The van der Waals surface area contributed by atoms with Crippen LogP contribution < -0.4 is 11.5 Å². The van der Waals surface area contributed by atoms with Crippen molar-refractivity contribution in [3.8, 4) is 0 Å². The molecule has 9 heavy (non-hydrogen) atoms. The zero-order valence-electron chi connectivity index (χ0n) is 5.43. The SMILES string of the molecule is NC1=CC2CCC1(N)C2. The third kappa shape index (κ3) is 0.540. The van der Waals surface area contributed by atoms with Gasteiger partial charge >= 0.3 is 0 Å². The molecule has 4 N–H and O–H groups in total. The fraction of sp³-hybridized carbons (Fsp3) is 0.714. The van der Waals surface area contributed by atoms with Crippen molar-refractivity contribution in [3.63, 3.8) is 0 Å². The maximum atomic E-state index is 5.95. The Bertz CT molecular complexity index is 174. The molecule has 2 atom stereocenters. The fourth-order valence-corrected chi connectivity index (χ4v) is 1.94. The molecule has 2 heteroatoms. The Morgan fingerprint density at radius 3 is 2.67 bits per heavy atom. The summed E-state index contributed by atoms with van der Waals surface area (Å²) in [6.07, 6.45) is 5.57. The van der Waals surface area contributed by atoms with E-state index in [0.717, 1.165) is 18.5 Å². The molecule has 50 valence electrons. The molecule has 2 bridgehead atoms. The summed E-state index contributed by atoms with van der Waals surface area (Å²) < 4.78 is 0. The first kappa shape index (κ1) is 5.30. The lowest BCUT2D eigenvalue weighted by Crippen LogP contribution is -2.40. The first-order valence-corrected chi connectivity index (χ1v) is 3.47. The maximum Gasteiger partial charge on any atom is 0.0558 e. The van der Waals surface area contributed by atoms with Crippen molar-refractivity contribution < 1.29 is 0 Å². The monoisotopic (exact) mass is 124 g/mol. The van der Waals surface area contributed by atoms with Crippen LogP contribution in [0.3, 0.4) is 0 Å². The van der Waals surface area contributed by atoms with Crippen molar-refractivity contribution in [2.24, 2.45) is 17.4 Å². The minimum absolute atomic E-state index is 0.0926. The Hall–Kier alpha value is -0.500. The molecule has 2 aliphatic rings. The van der Waals surface area contributed by atoms with Crippen LogP contribution in [0.2, 0.25) is 0 Å². The average molecular weight is 124 g/mol. The molecular formula is C7H12N2. The van der Waals surface area contributed by atoms with Gasteiger partial charge in [-0.05, 0) is 25.2 Å². The van der Waals surface area contributed by atoms with E-state index in [1.54, 1.807) is 0 Å². The molecule has 0 aromatic rings. The highest BCUT2D eigenvalue weighted by molar-refractivity contribution is 5.27. The lowest BCUT2D eigenvalue weighted by Gasteiger charge is -2.21. The van der Waals surface area contributed by atoms with Gasteiger partial charge in [0.1, 0.15) is 0 Å². The van der Waals surface area contributed by atoms with Crippen molar-refractivity contribution in [1.29, 1.82) is 0 Å². The highest BCUT2D eigenvalue weighted by atomic mass is 14.9. The molecule has 0 aromatic heterocycles. The number of allylic oxidation sites excluding steroid dienone is 1. The Balaban J connectivity index is 2.37. The normalized spacial score (nSPS) is 47.7. The second-order valence-corrected chi connectivity index (χ2v) is 3.28. The van der Waals surface area contributed by atoms with E-state index in [2.05, 4.69) is 6.08 Å². The summed E-state index contributed by atoms with van der Waals surface area (Å²) in [5.41, 5.74) is 12.5. The first-order chi connectivity index (χ1) is 4.21. The van der Waals surface area contributed by atoms with Crippen LogP contribution in [-0.2, 0) is 0 Å². The van der Waals surface area contributed by atoms with Crippen LogP contribution >= 0.6 is 0 Å². The summed E-state index contributed by atoms with van der Waals surface area (Å²) in [5, 5.41) is 0. The van der Waals surface area contributed by atoms with Crippen molar-refractivity contribution in [2.75, 3.05) is 0 Å². The Kier molecular flexibility index (Phi) is 0.776. The quantitative estimate of drug-likeness (QED) is 0.489. The molecule has 2 aliphatic carbocycles. The van der Waals surface area contributed by atoms with Gasteiger partial charge in [0, 0.05) is 5.70 Å². The van der Waals surface area contributed by atoms with Crippen molar-refractivity contribution in [3.05, 3.63) is 11.8 Å². The molecule has 1 saturated carbocycles. The van der Waals surface area contributed by atoms with Crippen LogP contribution in [0.15, 0.2) is 11.8 Å². The highest BCUT2D eigenvalue weighted by Gasteiger charge is 2.42. The fourth-order valence-electron chi connectivity index (χ4n) is 1.94. The molecule has 0 spiro atoms. The molecular weight excluding hydrogens is 112 g/mol. The van der Waals surface area contributed by atoms with Crippen LogP contribution in [-0.4, -0.2) is 5.54 Å². The van der Waals surface area contributed by atoms with E-state index in [4.69, 9.17) is 11.5 Å². The molecule has 0 saturated heterocycles. The standard InChI is InChI=1S/C7H12N2/c8-6-3-5-1-2-7(6,9)4-5/h3,5H,1-2,4,8-9H2. The third-order valence-electron chi connectivity index (χ3n) is 2.58. The second kappa shape index (κ2) is 1.32. The van der Waals surface area contributed by atoms with E-state index >= 15 is 0 Å². The van der Waals surface area contributed by atoms with Crippen molar-refractivity contribution >= 4 is 0 Å². The van der Waals surface area contributed by atoms with Gasteiger partial charge in [0.2, 0.25) is 0 Å². The summed E-state index contributed by atoms with van der Waals surface area (Å²) >= 11 is 0. The molecule has 2 rings (SSSR count). The largest absolute Gasteiger partial charge is 0.401 e. The Labute approximate surface area is 54.9 Å². The van der Waals surface area contributed by atoms with Crippen LogP contribution in [0.1, 0.15) is 19.3 Å². The predicted octanol–water partition coefficient (Wildman–Crippen LogP) is 0.340. The van der Waals surface area contributed by atoms with Gasteiger partial charge in [0.15, 0.2) is 0 Å². The van der Waals surface area contributed by atoms with E-state index in [-0.39, 0.29) is 5.54 Å². The van der Waals surface area contributed by atoms with Gasteiger partial charge in [-0.1, -0.05) is 6.08 Å². The van der Waals surface area contributed by atoms with Crippen LogP contribution in [0.25, 0.3) is 0 Å². The first-order valence-electron chi connectivity index (χ1n) is 3.47. The van der Waals surface area contributed by atoms with Crippen LogP contribution in [0.4, 0.5) is 0 Å². The van der Waals surface area contributed by atoms with E-state index < -0.39 is 0 Å². The van der Waals surface area contributed by atoms with Crippen molar-refractivity contribution in [1.82, 2.24) is 0 Å². The van der Waals surface area contributed by atoms with E-state index in [0.29, 0.717) is 5.92 Å². The predicted molar refractivity (Wildman–Crippen MR) is 36.5 cm³/mol. The minimum Gasteiger partial charge on any atom is -0.401 e. The summed E-state index contributed by atoms with van der Waals surface area (Å²) in [7, 11) is 0. The smallest absolute Gasteiger partial charge is 0.0558 e. The lowest BCUT2D eigenvalue weighted by molar-refractivity contribution is 0.523. The molecule has 1 fully saturated rings. The lowest BCUT2D eigenvalue weighted by atomic mass is 9.97. The van der Waals surface area contributed by atoms with Crippen LogP contribution in [0.5, 0.6) is 0 Å². The average Bonchev–Trinajstić information content (AvgIpc) is 2.22. The molecule has 0 radical (unpaired) electrons. The number of fused-ring (bicyclic) bond motifs is 2. The van der Waals surface area contributed by atoms with Gasteiger partial charge < -0.3 is 11.5 Å². The molecule has 0 amide bonds. The molecule has 0 aliphatic heterocycles. The van der Waals surface area contributed by atoms with E-state index in [1.807, 2.05) is 0 Å². The minimum atomic E-state index is -0.0926. The number of hydrogen-bond acceptors (Lipinski definition) is 2. The topological polar surface area (TPSA) is 52.0 Å². The zero-order valence-corrected chi connectivity index (χ0v) is 5.43. The van der Waals surface area contributed by atoms with E-state index in [1.165, 1.54) is 6.42 Å². The molecule has 0 heterocycles. The molecule has 2 unspecified atom stereocenters. The zero-order chi connectivity index (χ0) is 6.48. The second-order valence-electron chi connectivity index (χ2n) is 3.28. The van der Waals surface area contributed by atoms with Gasteiger partial charge in [-0.3, -0.25) is 0 Å². The van der Waals surface area contributed by atoms with Crippen LogP contribution in [0, 0.1) is 5.92 Å². The van der Waals surface area contributed by atoms with Gasteiger partial charge in [-0.15, -0.1) is 0 Å². The number of rotatable bonds is 0. The van der Waals surface area contributed by atoms with Gasteiger partial charge in [0.25, 0.3) is 0 Å². The summed E-state index contributed by atoms with van der Waals surface area (Å²) in [5.74, 6) is 0.704. The van der Waals surface area contributed by atoms with Gasteiger partial charge in [-0.25, -0.2) is 0 Å². The summed E-state index contributed by atoms with van der Waals surface area (Å²) in [6, 6.07) is 0. The maximum absolute atomic E-state index is 5.95. The van der Waals surface area contributed by atoms with Gasteiger partial charge in [-0.2, -0.15) is 0 Å². The number of hydrogen-bond donors (Lipinski definition) is 2. The summed E-state index contributed by atoms with van der Waals surface area (Å²) in [4.78, 5) is 0. The highest BCUT2D eigenvalue weighted by Crippen LogP contribution is 2.42. The van der Waals surface area contributed by atoms with E-state index in [9.17, 15) is 0 Å². The summed E-state index contributed by atoms with van der Waals surface area (Å²) in [6.45, 7) is 0.